The molecule has 3 rings (SSSR count). The van der Waals surface area contributed by atoms with E-state index in [1.165, 1.54) is 23.5 Å². The number of rotatable bonds is 3. The number of piperidine rings is 1. The maximum Gasteiger partial charge on any atom is 0.417 e. The Morgan fingerprint density at radius 3 is 2.61 bits per heavy atom. The minimum atomic E-state index is -4.75. The van der Waals surface area contributed by atoms with Crippen molar-refractivity contribution in [1.82, 2.24) is 19.4 Å². The van der Waals surface area contributed by atoms with Crippen molar-refractivity contribution in [3.63, 3.8) is 0 Å². The Bertz CT molecular complexity index is 1010. The van der Waals surface area contributed by atoms with E-state index in [9.17, 15) is 31.5 Å². The van der Waals surface area contributed by atoms with Crippen LogP contribution in [0.4, 0.5) is 38.3 Å². The molecular weight excluding hydrogens is 427 g/mol. The van der Waals surface area contributed by atoms with Crippen LogP contribution in [0.2, 0.25) is 0 Å². The monoisotopic (exact) mass is 446 g/mol. The number of aryl methyl sites for hydroxylation is 1. The highest BCUT2D eigenvalue weighted by atomic mass is 19.4. The van der Waals surface area contributed by atoms with E-state index in [4.69, 9.17) is 0 Å². The Balaban J connectivity index is 1.76. The Labute approximate surface area is 173 Å². The molecule has 1 N–H and O–H groups in total. The first kappa shape index (κ1) is 22.4. The highest BCUT2D eigenvalue weighted by molar-refractivity contribution is 5.89. The largest absolute Gasteiger partial charge is 0.417 e. The lowest BCUT2D eigenvalue weighted by Gasteiger charge is -2.42. The molecule has 0 saturated carbocycles. The lowest BCUT2D eigenvalue weighted by atomic mass is 9.99. The van der Waals surface area contributed by atoms with Gasteiger partial charge in [0.15, 0.2) is 0 Å². The number of aromatic nitrogens is 3. The molecule has 0 aliphatic carbocycles. The second kappa shape index (κ2) is 8.12. The van der Waals surface area contributed by atoms with Gasteiger partial charge in [-0.1, -0.05) is 0 Å². The summed E-state index contributed by atoms with van der Waals surface area (Å²) < 4.78 is 69.2. The van der Waals surface area contributed by atoms with Gasteiger partial charge in [0.25, 0.3) is 11.5 Å². The number of urea groups is 1. The smallest absolute Gasteiger partial charge is 0.349 e. The van der Waals surface area contributed by atoms with Gasteiger partial charge in [0.05, 0.1) is 18.3 Å². The van der Waals surface area contributed by atoms with E-state index < -0.39 is 47.5 Å². The van der Waals surface area contributed by atoms with Crippen LogP contribution in [0, 0.1) is 0 Å². The summed E-state index contributed by atoms with van der Waals surface area (Å²) in [6.45, 7) is -0.568. The third-order valence-electron chi connectivity index (χ3n) is 4.98. The number of pyridine rings is 1. The van der Waals surface area contributed by atoms with Crippen molar-refractivity contribution in [2.24, 2.45) is 7.05 Å². The zero-order valence-corrected chi connectivity index (χ0v) is 16.5. The molecule has 1 unspecified atom stereocenters. The normalized spacial score (nSPS) is 18.5. The summed E-state index contributed by atoms with van der Waals surface area (Å²) in [4.78, 5) is 34.5. The quantitative estimate of drug-likeness (QED) is 0.733. The highest BCUT2D eigenvalue weighted by Gasteiger charge is 2.48. The summed E-state index contributed by atoms with van der Waals surface area (Å²) in [6.07, 6.45) is -0.182. The molecule has 8 nitrogen and oxygen atoms in total. The van der Waals surface area contributed by atoms with Crippen molar-refractivity contribution >= 4 is 17.5 Å². The summed E-state index contributed by atoms with van der Waals surface area (Å²) in [7, 11) is 2.19. The number of carbonyl (C=O) groups is 1. The van der Waals surface area contributed by atoms with E-state index in [1.807, 2.05) is 5.32 Å². The standard InChI is InChI=1S/C18H19F5N6O2/c1-27-9-11(18(21,22)23)7-12(15(27)30)26-16(31)28(2)13-3-6-29(10-17(13,19)20)14-8-24-4-5-25-14/h4-5,7-9,13H,3,6,10H2,1-2H3,(H,26,31). The fourth-order valence-corrected chi connectivity index (χ4v) is 3.36. The van der Waals surface area contributed by atoms with Gasteiger partial charge >= 0.3 is 12.2 Å². The number of anilines is 2. The molecule has 1 fully saturated rings. The predicted molar refractivity (Wildman–Crippen MR) is 101 cm³/mol. The number of hydrogen-bond acceptors (Lipinski definition) is 5. The molecule has 2 aromatic rings. The first-order valence-electron chi connectivity index (χ1n) is 9.10. The number of alkyl halides is 5. The molecule has 31 heavy (non-hydrogen) atoms. The van der Waals surface area contributed by atoms with Crippen LogP contribution in [0.15, 0.2) is 35.6 Å². The van der Waals surface area contributed by atoms with E-state index in [1.54, 1.807) is 0 Å². The molecule has 168 valence electrons. The molecule has 13 heteroatoms. The number of nitrogens with zero attached hydrogens (tertiary/aromatic N) is 5. The molecule has 0 spiro atoms. The van der Waals surface area contributed by atoms with Gasteiger partial charge in [-0.3, -0.25) is 9.78 Å². The second-order valence-electron chi connectivity index (χ2n) is 7.15. The van der Waals surface area contributed by atoms with Crippen LogP contribution in [0.1, 0.15) is 12.0 Å². The first-order valence-corrected chi connectivity index (χ1v) is 9.10. The molecule has 1 saturated heterocycles. The minimum absolute atomic E-state index is 0.131. The van der Waals surface area contributed by atoms with Gasteiger partial charge in [0, 0.05) is 39.2 Å². The maximum atomic E-state index is 14.8. The second-order valence-corrected chi connectivity index (χ2v) is 7.15. The van der Waals surface area contributed by atoms with Gasteiger partial charge < -0.3 is 19.7 Å². The number of nitrogens with one attached hydrogen (secondary N) is 1. The average molecular weight is 446 g/mol. The summed E-state index contributed by atoms with van der Waals surface area (Å²) in [5, 5.41) is 2.03. The van der Waals surface area contributed by atoms with Crippen molar-refractivity contribution in [3.8, 4) is 0 Å². The molecule has 1 aliphatic heterocycles. The summed E-state index contributed by atoms with van der Waals surface area (Å²) in [6, 6.07) is -2.17. The van der Waals surface area contributed by atoms with E-state index in [0.29, 0.717) is 21.7 Å². The SMILES string of the molecule is CN(C(=O)Nc1cc(C(F)(F)F)cn(C)c1=O)C1CCN(c2cnccn2)CC1(F)F. The van der Waals surface area contributed by atoms with Gasteiger partial charge in [0.2, 0.25) is 0 Å². The minimum Gasteiger partial charge on any atom is -0.349 e. The van der Waals surface area contributed by atoms with Gasteiger partial charge in [-0.15, -0.1) is 0 Å². The number of amides is 2. The molecule has 1 aliphatic rings. The lowest BCUT2D eigenvalue weighted by molar-refractivity contribution is -0.138. The molecule has 3 heterocycles. The van der Waals surface area contributed by atoms with Gasteiger partial charge in [0.1, 0.15) is 17.5 Å². The fraction of sp³-hybridized carbons (Fsp3) is 0.444. The molecule has 0 aromatic carbocycles. The third-order valence-corrected chi connectivity index (χ3v) is 4.98. The van der Waals surface area contributed by atoms with Crippen LogP contribution in [-0.4, -0.2) is 57.6 Å². The number of carbonyl (C=O) groups excluding carboxylic acids is 1. The lowest BCUT2D eigenvalue weighted by Crippen LogP contribution is -2.59. The third kappa shape index (κ3) is 4.75. The van der Waals surface area contributed by atoms with Crippen LogP contribution in [-0.2, 0) is 13.2 Å². The molecule has 0 bridgehead atoms. The van der Waals surface area contributed by atoms with E-state index in [-0.39, 0.29) is 18.8 Å². The van der Waals surface area contributed by atoms with Crippen LogP contribution >= 0.6 is 0 Å². The van der Waals surface area contributed by atoms with Crippen LogP contribution < -0.4 is 15.8 Å². The van der Waals surface area contributed by atoms with Crippen LogP contribution in [0.3, 0.4) is 0 Å². The number of halogens is 5. The van der Waals surface area contributed by atoms with Crippen LogP contribution in [0.5, 0.6) is 0 Å². The summed E-state index contributed by atoms with van der Waals surface area (Å²) in [5.74, 6) is -3.08. The fourth-order valence-electron chi connectivity index (χ4n) is 3.36. The van der Waals surface area contributed by atoms with Crippen molar-refractivity contribution in [3.05, 3.63) is 46.8 Å². The Morgan fingerprint density at radius 2 is 2.03 bits per heavy atom. The predicted octanol–water partition coefficient (Wildman–Crippen LogP) is 2.57. The van der Waals surface area contributed by atoms with Crippen LogP contribution in [0.25, 0.3) is 0 Å². The Hall–Kier alpha value is -3.25. The highest BCUT2D eigenvalue weighted by Crippen LogP contribution is 2.33. The van der Waals surface area contributed by atoms with E-state index in [0.717, 1.165) is 14.1 Å². The van der Waals surface area contributed by atoms with Crippen molar-refractivity contribution in [1.29, 1.82) is 0 Å². The summed E-state index contributed by atoms with van der Waals surface area (Å²) >= 11 is 0. The Kier molecular flexibility index (Phi) is 5.87. The first-order chi connectivity index (χ1) is 14.4. The number of hydrogen-bond donors (Lipinski definition) is 1. The molecular formula is C18H19F5N6O2. The average Bonchev–Trinajstić information content (AvgIpc) is 2.69. The molecule has 1 atom stereocenters. The van der Waals surface area contributed by atoms with E-state index in [2.05, 4.69) is 9.97 Å². The molecule has 2 amide bonds. The molecule has 2 aromatic heterocycles. The van der Waals surface area contributed by atoms with E-state index >= 15 is 0 Å². The van der Waals surface area contributed by atoms with Gasteiger partial charge in [-0.05, 0) is 12.5 Å². The van der Waals surface area contributed by atoms with Crippen molar-refractivity contribution in [2.75, 3.05) is 30.4 Å². The zero-order valence-electron chi connectivity index (χ0n) is 16.5. The topological polar surface area (TPSA) is 83.4 Å². The zero-order chi connectivity index (χ0) is 23.0. The summed E-state index contributed by atoms with van der Waals surface area (Å²) in [5.41, 5.74) is -2.72. The molecule has 0 radical (unpaired) electrons. The van der Waals surface area contributed by atoms with Crippen molar-refractivity contribution in [2.45, 2.75) is 24.6 Å². The Morgan fingerprint density at radius 1 is 1.32 bits per heavy atom. The van der Waals surface area contributed by atoms with Gasteiger partial charge in [-0.25, -0.2) is 18.6 Å². The van der Waals surface area contributed by atoms with Gasteiger partial charge in [-0.2, -0.15) is 13.2 Å². The maximum absolute atomic E-state index is 14.8. The van der Waals surface area contributed by atoms with Crippen molar-refractivity contribution < 1.29 is 26.7 Å².